The van der Waals surface area contributed by atoms with Crippen LogP contribution in [0.5, 0.6) is 0 Å². The van der Waals surface area contributed by atoms with Crippen LogP contribution in [0.2, 0.25) is 0 Å². The molecule has 0 aromatic heterocycles. The first-order valence-electron chi connectivity index (χ1n) is 5.89. The van der Waals surface area contributed by atoms with Crippen molar-refractivity contribution in [2.24, 2.45) is 5.92 Å². The minimum absolute atomic E-state index is 0.0116. The second-order valence-electron chi connectivity index (χ2n) is 4.59. The summed E-state index contributed by atoms with van der Waals surface area (Å²) >= 11 is 0. The van der Waals surface area contributed by atoms with E-state index < -0.39 is 16.9 Å². The molecule has 0 heterocycles. The van der Waals surface area contributed by atoms with Crippen LogP contribution in [-0.2, 0) is 4.79 Å². The molecule has 1 aromatic carbocycles. The highest BCUT2D eigenvalue weighted by atomic mass is 16.6. The Hall–Kier alpha value is -2.15. The fraction of sp³-hybridized carbons (Fsp3) is 0.417. The molecule has 1 atom stereocenters. The molecule has 0 aliphatic rings. The van der Waals surface area contributed by atoms with Crippen molar-refractivity contribution < 1.29 is 14.8 Å². The summed E-state index contributed by atoms with van der Waals surface area (Å²) in [6, 6.07) is 5.01. The van der Waals surface area contributed by atoms with Crippen molar-refractivity contribution in [2.45, 2.75) is 26.3 Å². The van der Waals surface area contributed by atoms with E-state index in [1.54, 1.807) is 0 Å². The topological polar surface area (TPSA) is 105 Å². The molecular formula is C12H17N3O4. The van der Waals surface area contributed by atoms with E-state index in [9.17, 15) is 14.9 Å². The third kappa shape index (κ3) is 4.92. The zero-order valence-corrected chi connectivity index (χ0v) is 10.8. The molecule has 3 N–H and O–H groups in total. The molecular weight excluding hydrogens is 250 g/mol. The summed E-state index contributed by atoms with van der Waals surface area (Å²) in [7, 11) is 0. The number of nitro groups is 1. The highest BCUT2D eigenvalue weighted by Gasteiger charge is 2.18. The van der Waals surface area contributed by atoms with E-state index in [4.69, 9.17) is 5.11 Å². The van der Waals surface area contributed by atoms with Gasteiger partial charge in [0.2, 0.25) is 0 Å². The first kappa shape index (κ1) is 14.9. The second kappa shape index (κ2) is 6.69. The number of nitro benzene ring substituents is 1. The maximum atomic E-state index is 11.0. The number of hydrogen-bond acceptors (Lipinski definition) is 5. The lowest BCUT2D eigenvalue weighted by Crippen LogP contribution is -2.41. The molecule has 0 amide bonds. The summed E-state index contributed by atoms with van der Waals surface area (Å²) in [5.41, 5.74) is 6.00. The number of carboxylic acid groups (broad SMARTS) is 1. The molecule has 0 unspecified atom stereocenters. The van der Waals surface area contributed by atoms with Crippen LogP contribution in [0.3, 0.4) is 0 Å². The monoisotopic (exact) mass is 267 g/mol. The Morgan fingerprint density at radius 3 is 2.37 bits per heavy atom. The average Bonchev–Trinajstić information content (AvgIpc) is 2.34. The number of benzene rings is 1. The van der Waals surface area contributed by atoms with Gasteiger partial charge >= 0.3 is 5.97 Å². The Morgan fingerprint density at radius 2 is 1.95 bits per heavy atom. The van der Waals surface area contributed by atoms with Crippen LogP contribution in [0.1, 0.15) is 20.3 Å². The number of anilines is 1. The smallest absolute Gasteiger partial charge is 0.322 e. The van der Waals surface area contributed by atoms with E-state index >= 15 is 0 Å². The lowest BCUT2D eigenvalue weighted by Gasteiger charge is -2.17. The summed E-state index contributed by atoms with van der Waals surface area (Å²) in [6.07, 6.45) is 0.481. The Bertz CT molecular complexity index is 445. The average molecular weight is 267 g/mol. The van der Waals surface area contributed by atoms with Crippen LogP contribution < -0.4 is 10.9 Å². The predicted molar refractivity (Wildman–Crippen MR) is 70.7 cm³/mol. The molecule has 1 rings (SSSR count). The van der Waals surface area contributed by atoms with Gasteiger partial charge in [-0.05, 0) is 24.5 Å². The van der Waals surface area contributed by atoms with Crippen LogP contribution >= 0.6 is 0 Å². The molecule has 0 spiro atoms. The molecule has 0 saturated heterocycles. The van der Waals surface area contributed by atoms with Gasteiger partial charge in [-0.3, -0.25) is 14.9 Å². The standard InChI is InChI=1S/C12H17N3O4/c1-8(2)7-11(12(16)17)14-13-9-3-5-10(6-4-9)15(18)19/h3-6,8,11,13-14H,7H2,1-2H3,(H,16,17)/t11-/m0/s1. The van der Waals surface area contributed by atoms with Crippen LogP contribution in [0.4, 0.5) is 11.4 Å². The van der Waals surface area contributed by atoms with E-state index in [-0.39, 0.29) is 11.6 Å². The molecule has 0 bridgehead atoms. The van der Waals surface area contributed by atoms with Crippen LogP contribution in [0.15, 0.2) is 24.3 Å². The number of rotatable bonds is 7. The van der Waals surface area contributed by atoms with Crippen molar-refractivity contribution >= 4 is 17.3 Å². The van der Waals surface area contributed by atoms with Gasteiger partial charge in [0.15, 0.2) is 0 Å². The molecule has 0 aliphatic heterocycles. The molecule has 7 heteroatoms. The molecule has 19 heavy (non-hydrogen) atoms. The number of carbonyl (C=O) groups is 1. The first-order chi connectivity index (χ1) is 8.90. The Kier molecular flexibility index (Phi) is 5.25. The number of non-ortho nitro benzene ring substituents is 1. The normalized spacial score (nSPS) is 12.2. The van der Waals surface area contributed by atoms with Gasteiger partial charge in [-0.15, -0.1) is 0 Å². The third-order valence-electron chi connectivity index (χ3n) is 2.47. The second-order valence-corrected chi connectivity index (χ2v) is 4.59. The molecule has 0 saturated carbocycles. The van der Waals surface area contributed by atoms with Gasteiger partial charge in [-0.25, -0.2) is 5.43 Å². The quantitative estimate of drug-likeness (QED) is 0.515. The first-order valence-corrected chi connectivity index (χ1v) is 5.89. The van der Waals surface area contributed by atoms with Crippen molar-refractivity contribution in [2.75, 3.05) is 5.43 Å². The summed E-state index contributed by atoms with van der Waals surface area (Å²) in [6.45, 7) is 3.87. The van der Waals surface area contributed by atoms with Crippen molar-refractivity contribution in [3.63, 3.8) is 0 Å². The Morgan fingerprint density at radius 1 is 1.37 bits per heavy atom. The van der Waals surface area contributed by atoms with Gasteiger partial charge in [0.25, 0.3) is 5.69 Å². The lowest BCUT2D eigenvalue weighted by molar-refractivity contribution is -0.384. The summed E-state index contributed by atoms with van der Waals surface area (Å²) in [5.74, 6) is -0.699. The van der Waals surface area contributed by atoms with Crippen LogP contribution in [0, 0.1) is 16.0 Å². The Balaban J connectivity index is 2.59. The zero-order chi connectivity index (χ0) is 14.4. The molecule has 0 radical (unpaired) electrons. The number of nitrogens with one attached hydrogen (secondary N) is 2. The third-order valence-corrected chi connectivity index (χ3v) is 2.47. The van der Waals surface area contributed by atoms with Gasteiger partial charge in [0, 0.05) is 17.8 Å². The molecule has 0 aliphatic carbocycles. The van der Waals surface area contributed by atoms with Crippen LogP contribution in [-0.4, -0.2) is 22.0 Å². The fourth-order valence-electron chi connectivity index (χ4n) is 1.53. The van der Waals surface area contributed by atoms with Crippen molar-refractivity contribution in [1.29, 1.82) is 0 Å². The van der Waals surface area contributed by atoms with E-state index in [1.807, 2.05) is 13.8 Å². The van der Waals surface area contributed by atoms with Crippen molar-refractivity contribution in [3.05, 3.63) is 34.4 Å². The summed E-state index contributed by atoms with van der Waals surface area (Å²) < 4.78 is 0. The number of carboxylic acids is 1. The largest absolute Gasteiger partial charge is 0.480 e. The number of hydrazine groups is 1. The molecule has 1 aromatic rings. The summed E-state index contributed by atoms with van der Waals surface area (Å²) in [4.78, 5) is 21.0. The molecule has 7 nitrogen and oxygen atoms in total. The zero-order valence-electron chi connectivity index (χ0n) is 10.8. The maximum Gasteiger partial charge on any atom is 0.322 e. The van der Waals surface area contributed by atoms with Gasteiger partial charge in [-0.1, -0.05) is 13.8 Å². The van der Waals surface area contributed by atoms with Gasteiger partial charge in [0.05, 0.1) is 4.92 Å². The highest BCUT2D eigenvalue weighted by Crippen LogP contribution is 2.15. The predicted octanol–water partition coefficient (Wildman–Crippen LogP) is 2.01. The number of hydrogen-bond donors (Lipinski definition) is 3. The van der Waals surface area contributed by atoms with E-state index in [2.05, 4.69) is 10.9 Å². The van der Waals surface area contributed by atoms with Crippen molar-refractivity contribution in [1.82, 2.24) is 5.43 Å². The SMILES string of the molecule is CC(C)C[C@H](NNc1ccc([N+](=O)[O-])cc1)C(=O)O. The molecule has 104 valence electrons. The van der Waals surface area contributed by atoms with Crippen molar-refractivity contribution in [3.8, 4) is 0 Å². The van der Waals surface area contributed by atoms with E-state index in [1.165, 1.54) is 24.3 Å². The van der Waals surface area contributed by atoms with Gasteiger partial charge in [-0.2, -0.15) is 0 Å². The maximum absolute atomic E-state index is 11.0. The van der Waals surface area contributed by atoms with Gasteiger partial charge in [0.1, 0.15) is 6.04 Å². The van der Waals surface area contributed by atoms with E-state index in [0.29, 0.717) is 12.1 Å². The molecule has 0 fully saturated rings. The Labute approximate surface area is 110 Å². The van der Waals surface area contributed by atoms with E-state index in [0.717, 1.165) is 0 Å². The lowest BCUT2D eigenvalue weighted by atomic mass is 10.0. The fourth-order valence-corrected chi connectivity index (χ4v) is 1.53. The van der Waals surface area contributed by atoms with Gasteiger partial charge < -0.3 is 10.5 Å². The minimum Gasteiger partial charge on any atom is -0.480 e. The van der Waals surface area contributed by atoms with Crippen LogP contribution in [0.25, 0.3) is 0 Å². The highest BCUT2D eigenvalue weighted by molar-refractivity contribution is 5.73. The minimum atomic E-state index is -0.942. The summed E-state index contributed by atoms with van der Waals surface area (Å²) in [5, 5.41) is 19.5. The number of aliphatic carboxylic acids is 1. The number of nitrogens with zero attached hydrogens (tertiary/aromatic N) is 1.